The van der Waals surface area contributed by atoms with Crippen LogP contribution >= 0.6 is 0 Å². The minimum absolute atomic E-state index is 0.00275. The van der Waals surface area contributed by atoms with Gasteiger partial charge in [0.25, 0.3) is 0 Å². The van der Waals surface area contributed by atoms with Crippen molar-refractivity contribution in [2.45, 2.75) is 33.0 Å². The predicted octanol–water partition coefficient (Wildman–Crippen LogP) is 0.520. The van der Waals surface area contributed by atoms with Gasteiger partial charge in [0.05, 0.1) is 13.7 Å². The SMILES string of the molecule is COC(=O)[C@H]1CO[C@H](C(C)(C)C)N1. The Hall–Kier alpha value is -0.610. The molecule has 1 aliphatic rings. The summed E-state index contributed by atoms with van der Waals surface area (Å²) in [6, 6.07) is -0.311. The normalized spacial score (nSPS) is 28.9. The number of carbonyl (C=O) groups excluding carboxylic acids is 1. The van der Waals surface area contributed by atoms with E-state index in [1.54, 1.807) is 0 Å². The van der Waals surface area contributed by atoms with Gasteiger partial charge in [-0.25, -0.2) is 0 Å². The van der Waals surface area contributed by atoms with Gasteiger partial charge in [-0.2, -0.15) is 0 Å². The second kappa shape index (κ2) is 3.64. The maximum atomic E-state index is 11.1. The van der Waals surface area contributed by atoms with E-state index in [2.05, 4.69) is 30.8 Å². The lowest BCUT2D eigenvalue weighted by Crippen LogP contribution is -2.43. The molecule has 13 heavy (non-hydrogen) atoms. The average molecular weight is 187 g/mol. The Labute approximate surface area is 78.6 Å². The molecule has 0 bridgehead atoms. The molecule has 1 heterocycles. The molecular formula is C9H17NO3. The third-order valence-corrected chi connectivity index (χ3v) is 2.05. The Morgan fingerprint density at radius 2 is 2.15 bits per heavy atom. The number of hydrogen-bond donors (Lipinski definition) is 1. The number of esters is 1. The summed E-state index contributed by atoms with van der Waals surface area (Å²) in [5, 5.41) is 3.08. The third-order valence-electron chi connectivity index (χ3n) is 2.05. The summed E-state index contributed by atoms with van der Waals surface area (Å²) < 4.78 is 10.1. The molecule has 1 fully saturated rings. The van der Waals surface area contributed by atoms with Gasteiger partial charge in [0.2, 0.25) is 0 Å². The van der Waals surface area contributed by atoms with Crippen molar-refractivity contribution in [1.29, 1.82) is 0 Å². The molecule has 0 spiro atoms. The van der Waals surface area contributed by atoms with Crippen molar-refractivity contribution in [2.75, 3.05) is 13.7 Å². The summed E-state index contributed by atoms with van der Waals surface area (Å²) in [5.41, 5.74) is 0.00275. The van der Waals surface area contributed by atoms with Crippen LogP contribution in [0.1, 0.15) is 20.8 Å². The Morgan fingerprint density at radius 3 is 2.54 bits per heavy atom. The zero-order valence-electron chi connectivity index (χ0n) is 8.59. The van der Waals surface area contributed by atoms with Gasteiger partial charge in [-0.1, -0.05) is 20.8 Å². The Bertz CT molecular complexity index is 198. The summed E-state index contributed by atoms with van der Waals surface area (Å²) >= 11 is 0. The highest BCUT2D eigenvalue weighted by molar-refractivity contribution is 5.76. The summed E-state index contributed by atoms with van der Waals surface area (Å²) in [6.45, 7) is 6.58. The zero-order chi connectivity index (χ0) is 10.1. The highest BCUT2D eigenvalue weighted by Gasteiger charge is 2.36. The van der Waals surface area contributed by atoms with E-state index in [1.807, 2.05) is 0 Å². The van der Waals surface area contributed by atoms with Crippen LogP contribution in [0.5, 0.6) is 0 Å². The molecule has 0 unspecified atom stereocenters. The molecule has 1 saturated heterocycles. The number of rotatable bonds is 1. The molecular weight excluding hydrogens is 170 g/mol. The van der Waals surface area contributed by atoms with Gasteiger partial charge in [0.15, 0.2) is 0 Å². The van der Waals surface area contributed by atoms with Gasteiger partial charge in [0, 0.05) is 5.41 Å². The lowest BCUT2D eigenvalue weighted by Gasteiger charge is -2.26. The molecule has 2 atom stereocenters. The molecule has 4 heteroatoms. The Kier molecular flexibility index (Phi) is 2.93. The van der Waals surface area contributed by atoms with Crippen LogP contribution < -0.4 is 5.32 Å². The van der Waals surface area contributed by atoms with Gasteiger partial charge < -0.3 is 9.47 Å². The molecule has 0 aromatic rings. The first kappa shape index (κ1) is 10.5. The first-order valence-electron chi connectivity index (χ1n) is 4.40. The van der Waals surface area contributed by atoms with Crippen LogP contribution in [0.2, 0.25) is 0 Å². The molecule has 1 rings (SSSR count). The Balaban J connectivity index is 2.50. The van der Waals surface area contributed by atoms with Crippen molar-refractivity contribution in [3.8, 4) is 0 Å². The number of carbonyl (C=O) groups is 1. The summed E-state index contributed by atoms with van der Waals surface area (Å²) in [4.78, 5) is 11.1. The highest BCUT2D eigenvalue weighted by Crippen LogP contribution is 2.24. The van der Waals surface area contributed by atoms with Gasteiger partial charge in [0.1, 0.15) is 12.3 Å². The summed E-state index contributed by atoms with van der Waals surface area (Å²) in [5.74, 6) is -0.258. The predicted molar refractivity (Wildman–Crippen MR) is 48.1 cm³/mol. The van der Waals surface area contributed by atoms with E-state index in [1.165, 1.54) is 7.11 Å². The fourth-order valence-corrected chi connectivity index (χ4v) is 1.25. The molecule has 1 N–H and O–H groups in total. The third kappa shape index (κ3) is 2.42. The molecule has 0 aliphatic carbocycles. The Morgan fingerprint density at radius 1 is 1.54 bits per heavy atom. The van der Waals surface area contributed by atoms with Crippen molar-refractivity contribution in [2.24, 2.45) is 5.41 Å². The van der Waals surface area contributed by atoms with Crippen molar-refractivity contribution >= 4 is 5.97 Å². The van der Waals surface area contributed by atoms with Crippen LogP contribution in [0.3, 0.4) is 0 Å². The van der Waals surface area contributed by atoms with E-state index in [0.717, 1.165) is 0 Å². The molecule has 0 aromatic heterocycles. The van der Waals surface area contributed by atoms with E-state index in [4.69, 9.17) is 4.74 Å². The van der Waals surface area contributed by atoms with Gasteiger partial charge in [-0.15, -0.1) is 0 Å². The largest absolute Gasteiger partial charge is 0.468 e. The lowest BCUT2D eigenvalue weighted by molar-refractivity contribution is -0.142. The number of ether oxygens (including phenoxy) is 2. The van der Waals surface area contributed by atoms with Crippen LogP contribution in [0.25, 0.3) is 0 Å². The topological polar surface area (TPSA) is 47.6 Å². The monoisotopic (exact) mass is 187 g/mol. The molecule has 0 saturated carbocycles. The van der Waals surface area contributed by atoms with Crippen LogP contribution in [0.4, 0.5) is 0 Å². The van der Waals surface area contributed by atoms with Crippen molar-refractivity contribution in [3.63, 3.8) is 0 Å². The van der Waals surface area contributed by atoms with E-state index >= 15 is 0 Å². The van der Waals surface area contributed by atoms with Gasteiger partial charge in [-0.3, -0.25) is 10.1 Å². The molecule has 1 aliphatic heterocycles. The van der Waals surface area contributed by atoms with E-state index in [-0.39, 0.29) is 23.7 Å². The molecule has 0 radical (unpaired) electrons. The van der Waals surface area contributed by atoms with Crippen LogP contribution in [0.15, 0.2) is 0 Å². The minimum Gasteiger partial charge on any atom is -0.468 e. The fraction of sp³-hybridized carbons (Fsp3) is 0.889. The number of hydrogen-bond acceptors (Lipinski definition) is 4. The maximum absolute atomic E-state index is 11.1. The smallest absolute Gasteiger partial charge is 0.325 e. The number of nitrogens with one attached hydrogen (secondary N) is 1. The lowest BCUT2D eigenvalue weighted by atomic mass is 9.94. The fourth-order valence-electron chi connectivity index (χ4n) is 1.25. The standard InChI is InChI=1S/C9H17NO3/c1-9(2,3)8-10-6(5-13-8)7(11)12-4/h6,8,10H,5H2,1-4H3/t6-,8-/m1/s1. The second-order valence-electron chi connectivity index (χ2n) is 4.32. The van der Waals surface area contributed by atoms with E-state index in [9.17, 15) is 4.79 Å². The molecule has 76 valence electrons. The molecule has 0 aromatic carbocycles. The maximum Gasteiger partial charge on any atom is 0.325 e. The van der Waals surface area contributed by atoms with Crippen LogP contribution in [0, 0.1) is 5.41 Å². The van der Waals surface area contributed by atoms with Crippen LogP contribution in [-0.4, -0.2) is 32.0 Å². The zero-order valence-corrected chi connectivity index (χ0v) is 8.59. The highest BCUT2D eigenvalue weighted by atomic mass is 16.5. The van der Waals surface area contributed by atoms with Crippen LogP contribution in [-0.2, 0) is 14.3 Å². The molecule has 4 nitrogen and oxygen atoms in total. The van der Waals surface area contributed by atoms with Crippen molar-refractivity contribution < 1.29 is 14.3 Å². The van der Waals surface area contributed by atoms with Crippen molar-refractivity contribution in [1.82, 2.24) is 5.32 Å². The summed E-state index contributed by atoms with van der Waals surface area (Å²) in [6.07, 6.45) is -0.0726. The molecule has 0 amide bonds. The van der Waals surface area contributed by atoms with E-state index in [0.29, 0.717) is 6.61 Å². The number of methoxy groups -OCH3 is 1. The first-order valence-corrected chi connectivity index (χ1v) is 4.40. The first-order chi connectivity index (χ1) is 5.95. The average Bonchev–Trinajstić information content (AvgIpc) is 2.50. The quantitative estimate of drug-likeness (QED) is 0.608. The van der Waals surface area contributed by atoms with E-state index < -0.39 is 0 Å². The minimum atomic E-state index is -0.311. The summed E-state index contributed by atoms with van der Waals surface area (Å²) in [7, 11) is 1.38. The van der Waals surface area contributed by atoms with Crippen molar-refractivity contribution in [3.05, 3.63) is 0 Å². The van der Waals surface area contributed by atoms with Gasteiger partial charge in [-0.05, 0) is 0 Å². The second-order valence-corrected chi connectivity index (χ2v) is 4.32. The van der Waals surface area contributed by atoms with Gasteiger partial charge >= 0.3 is 5.97 Å².